The Hall–Kier alpha value is -1.85. The van der Waals surface area contributed by atoms with Crippen molar-refractivity contribution in [3.05, 3.63) is 17.7 Å². The largest absolute Gasteiger partial charge is 0.381 e. The molecule has 0 aliphatic rings. The van der Waals surface area contributed by atoms with Gasteiger partial charge in [-0.25, -0.2) is 21.6 Å². The third-order valence-corrected chi connectivity index (χ3v) is 11.9. The highest BCUT2D eigenvalue weighted by Crippen LogP contribution is 2.32. The normalized spacial score (nSPS) is 11.9. The van der Waals surface area contributed by atoms with Gasteiger partial charge in [0.25, 0.3) is 0 Å². The molecule has 0 bridgehead atoms. The van der Waals surface area contributed by atoms with Crippen LogP contribution in [-0.4, -0.2) is 54.1 Å². The Kier molecular flexibility index (Phi) is 23.1. The summed E-state index contributed by atoms with van der Waals surface area (Å²) in [7, 11) is -7.68. The van der Waals surface area contributed by atoms with E-state index >= 15 is 0 Å². The number of aryl methyl sites for hydroxylation is 1. The first-order valence-electron chi connectivity index (χ1n) is 18.1. The number of carbonyl (C=O) groups excluding carboxylic acids is 1. The van der Waals surface area contributed by atoms with Gasteiger partial charge in [0, 0.05) is 19.8 Å². The lowest BCUT2D eigenvalue weighted by molar-refractivity contribution is 0.127. The van der Waals surface area contributed by atoms with Crippen LogP contribution in [0.2, 0.25) is 0 Å². The van der Waals surface area contributed by atoms with Crippen molar-refractivity contribution in [1.29, 1.82) is 0 Å². The summed E-state index contributed by atoms with van der Waals surface area (Å²) < 4.78 is 59.1. The molecule has 0 aromatic heterocycles. The average Bonchev–Trinajstić information content (AvgIpc) is 3.03. The Balaban J connectivity index is 2.69. The monoisotopic (exact) mass is 687 g/mol. The highest BCUT2D eigenvalue weighted by molar-refractivity contribution is 7.94. The van der Waals surface area contributed by atoms with Crippen LogP contribution in [-0.2, 0) is 30.8 Å². The fourth-order valence-corrected chi connectivity index (χ4v) is 9.09. The van der Waals surface area contributed by atoms with Gasteiger partial charge in [-0.05, 0) is 56.2 Å². The van der Waals surface area contributed by atoms with Crippen molar-refractivity contribution >= 4 is 31.4 Å². The van der Waals surface area contributed by atoms with E-state index in [-0.39, 0.29) is 21.3 Å². The van der Waals surface area contributed by atoms with Crippen LogP contribution in [0.4, 0.5) is 10.5 Å². The van der Waals surface area contributed by atoms with E-state index in [9.17, 15) is 21.6 Å². The molecule has 3 N–H and O–H groups in total. The molecule has 0 fully saturated rings. The first-order valence-corrected chi connectivity index (χ1v) is 21.4. The number of rotatable bonds is 29. The van der Waals surface area contributed by atoms with Crippen LogP contribution in [0.3, 0.4) is 0 Å². The number of hydrogen-bond acceptors (Lipinski definition) is 7. The van der Waals surface area contributed by atoms with Crippen molar-refractivity contribution in [2.75, 3.05) is 36.7 Å². The van der Waals surface area contributed by atoms with Crippen LogP contribution in [0.5, 0.6) is 0 Å². The second kappa shape index (κ2) is 25.2. The van der Waals surface area contributed by atoms with Crippen molar-refractivity contribution in [3.8, 4) is 0 Å². The number of hydrazine groups is 1. The Morgan fingerprint density at radius 1 is 0.609 bits per heavy atom. The minimum atomic E-state index is -3.86. The van der Waals surface area contributed by atoms with Crippen LogP contribution in [0.15, 0.2) is 21.9 Å². The third-order valence-electron chi connectivity index (χ3n) is 8.13. The lowest BCUT2D eigenvalue weighted by Crippen LogP contribution is -2.40. The number of carbonyl (C=O) groups is 1. The second-order valence-corrected chi connectivity index (χ2v) is 16.6. The number of hydrogen-bond donors (Lipinski definition) is 3. The molecule has 2 amide bonds. The third kappa shape index (κ3) is 17.9. The van der Waals surface area contributed by atoms with Crippen molar-refractivity contribution < 1.29 is 26.4 Å². The second-order valence-electron chi connectivity index (χ2n) is 12.4. The Morgan fingerprint density at radius 3 is 1.65 bits per heavy atom. The molecule has 11 heteroatoms. The van der Waals surface area contributed by atoms with Crippen molar-refractivity contribution in [2.24, 2.45) is 0 Å². The molecule has 0 atom stereocenters. The molecule has 0 saturated carbocycles. The molecular weight excluding hydrogens is 623 g/mol. The molecule has 0 unspecified atom stereocenters. The maximum absolute atomic E-state index is 13.4. The molecule has 0 heterocycles. The molecule has 0 aliphatic heterocycles. The van der Waals surface area contributed by atoms with Gasteiger partial charge >= 0.3 is 6.03 Å². The maximum Gasteiger partial charge on any atom is 0.333 e. The zero-order chi connectivity index (χ0) is 34.1. The van der Waals surface area contributed by atoms with Gasteiger partial charge in [-0.3, -0.25) is 10.9 Å². The Bertz CT molecular complexity index is 1170. The fourth-order valence-electron chi connectivity index (χ4n) is 5.20. The summed E-state index contributed by atoms with van der Waals surface area (Å²) in [6, 6.07) is 2.45. The van der Waals surface area contributed by atoms with Gasteiger partial charge in [0.2, 0.25) is 0 Å². The van der Waals surface area contributed by atoms with Crippen molar-refractivity contribution in [3.63, 3.8) is 0 Å². The van der Waals surface area contributed by atoms with Gasteiger partial charge in [0.1, 0.15) is 0 Å². The Morgan fingerprint density at radius 2 is 1.09 bits per heavy atom. The van der Waals surface area contributed by atoms with Gasteiger partial charge in [0.05, 0.1) is 27.0 Å². The topological polar surface area (TPSA) is 131 Å². The zero-order valence-corrected chi connectivity index (χ0v) is 31.0. The van der Waals surface area contributed by atoms with Gasteiger partial charge < -0.3 is 10.1 Å². The summed E-state index contributed by atoms with van der Waals surface area (Å²) in [4.78, 5) is 12.2. The molecule has 0 radical (unpaired) electrons. The molecule has 1 aromatic carbocycles. The average molecular weight is 688 g/mol. The summed E-state index contributed by atoms with van der Waals surface area (Å²) in [5, 5.41) is 2.79. The van der Waals surface area contributed by atoms with Crippen LogP contribution >= 0.6 is 0 Å². The number of amides is 2. The van der Waals surface area contributed by atoms with E-state index in [1.807, 2.05) is 13.8 Å². The SMILES string of the molecule is CCCCCCCCCCCCOCCCNC(=O)NNc1cc(S(=O)(=O)CCCC)c(S(=O)(=O)CCCC)cc1CCCCC. The van der Waals surface area contributed by atoms with Crippen LogP contribution in [0.1, 0.15) is 149 Å². The van der Waals surface area contributed by atoms with E-state index < -0.39 is 25.7 Å². The van der Waals surface area contributed by atoms with E-state index in [1.165, 1.54) is 69.9 Å². The maximum atomic E-state index is 13.4. The van der Waals surface area contributed by atoms with Gasteiger partial charge in [-0.1, -0.05) is 111 Å². The minimum Gasteiger partial charge on any atom is -0.381 e. The summed E-state index contributed by atoms with van der Waals surface area (Å²) in [6.45, 7) is 9.86. The first kappa shape index (κ1) is 42.2. The fraction of sp³-hybridized carbons (Fsp3) is 0.800. The number of unbranched alkanes of at least 4 members (excludes halogenated alkanes) is 13. The summed E-state index contributed by atoms with van der Waals surface area (Å²) in [6.07, 6.45) is 19.1. The molecule has 1 rings (SSSR count). The summed E-state index contributed by atoms with van der Waals surface area (Å²) in [5.41, 5.74) is 6.55. The number of anilines is 1. The van der Waals surface area contributed by atoms with E-state index in [0.29, 0.717) is 62.9 Å². The quantitative estimate of drug-likeness (QED) is 0.0568. The van der Waals surface area contributed by atoms with Gasteiger partial charge in [0.15, 0.2) is 19.7 Å². The van der Waals surface area contributed by atoms with E-state index in [1.54, 1.807) is 0 Å². The highest BCUT2D eigenvalue weighted by atomic mass is 32.2. The zero-order valence-electron chi connectivity index (χ0n) is 29.4. The minimum absolute atomic E-state index is 0.107. The predicted octanol–water partition coefficient (Wildman–Crippen LogP) is 8.52. The summed E-state index contributed by atoms with van der Waals surface area (Å²) in [5.74, 6) is -0.242. The van der Waals surface area contributed by atoms with Gasteiger partial charge in [-0.15, -0.1) is 0 Å². The summed E-state index contributed by atoms with van der Waals surface area (Å²) >= 11 is 0. The number of benzene rings is 1. The molecule has 0 aliphatic carbocycles. The molecular formula is C35H65N3O6S2. The van der Waals surface area contributed by atoms with Crippen LogP contribution in [0, 0.1) is 0 Å². The first-order chi connectivity index (χ1) is 22.1. The molecule has 268 valence electrons. The lowest BCUT2D eigenvalue weighted by atomic mass is 10.1. The van der Waals surface area contributed by atoms with Crippen LogP contribution < -0.4 is 16.2 Å². The van der Waals surface area contributed by atoms with E-state index in [4.69, 9.17) is 4.74 Å². The molecule has 46 heavy (non-hydrogen) atoms. The van der Waals surface area contributed by atoms with E-state index in [0.717, 1.165) is 32.3 Å². The standard InChI is InChI=1S/C35H65N3O6S2/c1-5-9-13-14-15-16-17-18-19-21-25-44-26-22-24-36-35(39)38-37-32-30-34(46(42,43)28-12-8-4)33(45(40,41)27-11-7-3)29-31(32)23-20-10-6-2/h29-30,37H,5-28H2,1-4H3,(H2,36,38,39). The van der Waals surface area contributed by atoms with Crippen molar-refractivity contribution in [2.45, 2.75) is 159 Å². The van der Waals surface area contributed by atoms with E-state index in [2.05, 4.69) is 30.0 Å². The number of ether oxygens (including phenoxy) is 1. The lowest BCUT2D eigenvalue weighted by Gasteiger charge is -2.19. The van der Waals surface area contributed by atoms with Crippen molar-refractivity contribution in [1.82, 2.24) is 10.7 Å². The smallest absolute Gasteiger partial charge is 0.333 e. The Labute approximate surface area is 281 Å². The number of urea groups is 1. The number of nitrogens with one attached hydrogen (secondary N) is 3. The molecule has 9 nitrogen and oxygen atoms in total. The number of sulfone groups is 2. The molecule has 1 aromatic rings. The van der Waals surface area contributed by atoms with Crippen LogP contribution in [0.25, 0.3) is 0 Å². The molecule has 0 saturated heterocycles. The predicted molar refractivity (Wildman–Crippen MR) is 191 cm³/mol. The van der Waals surface area contributed by atoms with Gasteiger partial charge in [-0.2, -0.15) is 0 Å². The highest BCUT2D eigenvalue weighted by Gasteiger charge is 2.28. The molecule has 0 spiro atoms.